The molecule has 5 amide bonds. The molecule has 0 aliphatic carbocycles. The van der Waals surface area contributed by atoms with E-state index in [1.54, 1.807) is 0 Å². The van der Waals surface area contributed by atoms with Gasteiger partial charge in [-0.2, -0.15) is 0 Å². The van der Waals surface area contributed by atoms with E-state index in [1.807, 2.05) is 33.0 Å². The highest BCUT2D eigenvalue weighted by Gasteiger charge is 2.21. The minimum Gasteiger partial charge on any atom is -0.368 e. The quantitative estimate of drug-likeness (QED) is 0.264. The summed E-state index contributed by atoms with van der Waals surface area (Å²) in [4.78, 5) is 41.2. The molecule has 0 bridgehead atoms. The molecule has 2 aromatic carbocycles. The maximum Gasteiger partial charge on any atom is 0.312 e. The maximum absolute atomic E-state index is 10.8. The molecular formula is C32H57N5O4. The average molecular weight is 576 g/mol. The lowest BCUT2D eigenvalue weighted by Crippen LogP contribution is -2.47. The zero-order valence-corrected chi connectivity index (χ0v) is 25.8. The number of aryl methyl sites for hydroxylation is 1. The van der Waals surface area contributed by atoms with E-state index in [2.05, 4.69) is 92.2 Å². The van der Waals surface area contributed by atoms with Gasteiger partial charge in [0.25, 0.3) is 0 Å². The Hall–Kier alpha value is -3.88. The number of nitrogens with one attached hydrogen (secondary N) is 2. The van der Waals surface area contributed by atoms with Crippen LogP contribution in [0.4, 0.5) is 4.79 Å². The van der Waals surface area contributed by atoms with E-state index in [-0.39, 0.29) is 25.8 Å². The van der Waals surface area contributed by atoms with Crippen LogP contribution in [0, 0.1) is 5.92 Å². The summed E-state index contributed by atoms with van der Waals surface area (Å²) in [6, 6.07) is 18.1. The van der Waals surface area contributed by atoms with Crippen molar-refractivity contribution in [3.05, 3.63) is 60.2 Å². The van der Waals surface area contributed by atoms with Gasteiger partial charge in [0, 0.05) is 6.92 Å². The van der Waals surface area contributed by atoms with E-state index in [0.717, 1.165) is 6.42 Å². The van der Waals surface area contributed by atoms with E-state index in [9.17, 15) is 19.2 Å². The molecule has 8 N–H and O–H groups in total. The van der Waals surface area contributed by atoms with Gasteiger partial charge >= 0.3 is 6.03 Å². The first-order valence-corrected chi connectivity index (χ1v) is 13.9. The summed E-state index contributed by atoms with van der Waals surface area (Å²) in [5.41, 5.74) is 18.3. The minimum absolute atomic E-state index is 0. The summed E-state index contributed by atoms with van der Waals surface area (Å²) < 4.78 is 0. The first kappa shape index (κ1) is 44.1. The van der Waals surface area contributed by atoms with Crippen LogP contribution in [0.3, 0.4) is 0 Å². The molecule has 0 aliphatic heterocycles. The smallest absolute Gasteiger partial charge is 0.312 e. The van der Waals surface area contributed by atoms with Gasteiger partial charge in [0.05, 0.1) is 6.54 Å². The van der Waals surface area contributed by atoms with Gasteiger partial charge < -0.3 is 27.8 Å². The highest BCUT2D eigenvalue weighted by atomic mass is 16.2. The van der Waals surface area contributed by atoms with Crippen LogP contribution in [-0.2, 0) is 20.8 Å². The Kier molecular flexibility index (Phi) is 31.3. The molecule has 2 unspecified atom stereocenters. The molecule has 9 heteroatoms. The second-order valence-electron chi connectivity index (χ2n) is 8.67. The van der Waals surface area contributed by atoms with E-state index >= 15 is 0 Å². The number of carbonyl (C=O) groups excluding carboxylic acids is 4. The van der Waals surface area contributed by atoms with Gasteiger partial charge in [-0.1, -0.05) is 130 Å². The fourth-order valence-electron chi connectivity index (χ4n) is 2.91. The van der Waals surface area contributed by atoms with Gasteiger partial charge in [-0.05, 0) is 29.0 Å². The number of hydrogen-bond acceptors (Lipinski definition) is 4. The highest BCUT2D eigenvalue weighted by molar-refractivity contribution is 5.85. The molecule has 0 aliphatic rings. The fraction of sp³-hybridized carbons (Fsp3) is 0.500. The summed E-state index contributed by atoms with van der Waals surface area (Å²) in [5, 5.41) is 4.53. The molecule has 0 saturated carbocycles. The zero-order valence-electron chi connectivity index (χ0n) is 25.8. The van der Waals surface area contributed by atoms with Gasteiger partial charge in [0.15, 0.2) is 0 Å². The second kappa shape index (κ2) is 29.1. The molecule has 0 saturated heterocycles. The molecule has 0 heterocycles. The first-order valence-electron chi connectivity index (χ1n) is 13.9. The zero-order chi connectivity index (χ0) is 31.5. The third-order valence-corrected chi connectivity index (χ3v) is 4.91. The number of rotatable bonds is 9. The lowest BCUT2D eigenvalue weighted by Gasteiger charge is -2.19. The second-order valence-corrected chi connectivity index (χ2v) is 8.67. The molecule has 2 atom stereocenters. The number of amides is 5. The Morgan fingerprint density at radius 3 is 1.59 bits per heavy atom. The summed E-state index contributed by atoms with van der Waals surface area (Å²) in [6.45, 7) is 15.5. The van der Waals surface area contributed by atoms with Gasteiger partial charge in [-0.3, -0.25) is 14.4 Å². The Morgan fingerprint density at radius 1 is 0.805 bits per heavy atom. The Morgan fingerprint density at radius 2 is 1.27 bits per heavy atom. The molecule has 0 spiro atoms. The highest BCUT2D eigenvalue weighted by Crippen LogP contribution is 2.19. The lowest BCUT2D eigenvalue weighted by atomic mass is 9.99. The maximum atomic E-state index is 10.8. The topological polar surface area (TPSA) is 170 Å². The molecule has 2 rings (SSSR count). The van der Waals surface area contributed by atoms with Crippen LogP contribution in [0.15, 0.2) is 54.6 Å². The van der Waals surface area contributed by atoms with Crippen molar-refractivity contribution in [3.8, 4) is 11.1 Å². The molecule has 0 fully saturated rings. The molecule has 234 valence electrons. The number of urea groups is 1. The van der Waals surface area contributed by atoms with Crippen molar-refractivity contribution in [1.82, 2.24) is 10.6 Å². The summed E-state index contributed by atoms with van der Waals surface area (Å²) >= 11 is 0. The third-order valence-electron chi connectivity index (χ3n) is 4.91. The van der Waals surface area contributed by atoms with Crippen LogP contribution >= 0.6 is 0 Å². The van der Waals surface area contributed by atoms with E-state index in [4.69, 9.17) is 5.73 Å². The van der Waals surface area contributed by atoms with E-state index in [1.165, 1.54) is 42.9 Å². The normalized spacial score (nSPS) is 10.2. The van der Waals surface area contributed by atoms with Gasteiger partial charge in [0.1, 0.15) is 6.04 Å². The van der Waals surface area contributed by atoms with Crippen LogP contribution in [0.1, 0.15) is 87.6 Å². The summed E-state index contributed by atoms with van der Waals surface area (Å²) in [5.74, 6) is -1.21. The molecule has 2 aromatic rings. The van der Waals surface area contributed by atoms with Crippen LogP contribution in [-0.4, -0.2) is 36.3 Å². The summed E-state index contributed by atoms with van der Waals surface area (Å²) in [7, 11) is 0. The molecular weight excluding hydrogens is 518 g/mol. The Labute approximate surface area is 249 Å². The van der Waals surface area contributed by atoms with Crippen molar-refractivity contribution in [3.63, 3.8) is 0 Å². The number of nitrogens with two attached hydrogens (primary N) is 3. The van der Waals surface area contributed by atoms with Gasteiger partial charge in [-0.15, -0.1) is 0 Å². The average Bonchev–Trinajstić information content (AvgIpc) is 2.93. The van der Waals surface area contributed by atoms with Crippen molar-refractivity contribution in [2.24, 2.45) is 23.1 Å². The van der Waals surface area contributed by atoms with Crippen molar-refractivity contribution < 1.29 is 19.2 Å². The standard InChI is InChI=1S/C15H16.C8H16N2O2.C3H7N3O2.C3H8.C2H6.CH4/c1-2-6-13-9-11-15(12-10-13)14-7-4-3-5-8-14;1-4-5(2)7(8(9)12)10-6(3)11;4-2(7)1-6-3(5)8;1-3-2;1-2;/h3-5,7-12H,2,6H2,1H3;5,7H,4H2,1-3H3,(H2,9,12)(H,10,11);1H2,(H2,4,7)(H3,5,6,8);3H2,1-2H3;1-2H3;1H4. The molecule has 41 heavy (non-hydrogen) atoms. The Bertz CT molecular complexity index is 921. The van der Waals surface area contributed by atoms with Crippen molar-refractivity contribution >= 4 is 23.8 Å². The fourth-order valence-corrected chi connectivity index (χ4v) is 2.91. The SMILES string of the molecule is C.CC.CCC.CCC(C)C(NC(C)=O)C(N)=O.CCCc1ccc(-c2ccccc2)cc1.NC(=O)CNC(N)=O. The molecule has 9 nitrogen and oxygen atoms in total. The van der Waals surface area contributed by atoms with Crippen LogP contribution in [0.25, 0.3) is 11.1 Å². The number of benzene rings is 2. The van der Waals surface area contributed by atoms with Crippen molar-refractivity contribution in [1.29, 1.82) is 0 Å². The Balaban J connectivity index is -0.000000238. The minimum atomic E-state index is -0.746. The van der Waals surface area contributed by atoms with Crippen LogP contribution in [0.2, 0.25) is 0 Å². The molecule has 0 radical (unpaired) electrons. The first-order chi connectivity index (χ1) is 18.9. The van der Waals surface area contributed by atoms with E-state index in [0.29, 0.717) is 0 Å². The van der Waals surface area contributed by atoms with Crippen LogP contribution < -0.4 is 27.8 Å². The largest absolute Gasteiger partial charge is 0.368 e. The lowest BCUT2D eigenvalue weighted by molar-refractivity contribution is -0.127. The monoisotopic (exact) mass is 575 g/mol. The van der Waals surface area contributed by atoms with E-state index < -0.39 is 23.9 Å². The van der Waals surface area contributed by atoms with Gasteiger partial charge in [-0.25, -0.2) is 4.79 Å². The van der Waals surface area contributed by atoms with Crippen molar-refractivity contribution in [2.75, 3.05) is 6.54 Å². The number of primary amides is 3. The number of carbonyl (C=O) groups is 4. The predicted octanol–water partition coefficient (Wildman–Crippen LogP) is 5.55. The molecule has 0 aromatic heterocycles. The predicted molar refractivity (Wildman–Crippen MR) is 173 cm³/mol. The summed E-state index contributed by atoms with van der Waals surface area (Å²) in [6.07, 6.45) is 4.45. The van der Waals surface area contributed by atoms with Crippen molar-refractivity contribution in [2.45, 2.75) is 94.5 Å². The third kappa shape index (κ3) is 26.1. The van der Waals surface area contributed by atoms with Gasteiger partial charge in [0.2, 0.25) is 17.7 Å². The number of hydrogen-bond donors (Lipinski definition) is 5. The van der Waals surface area contributed by atoms with Crippen LogP contribution in [0.5, 0.6) is 0 Å².